The van der Waals surface area contributed by atoms with Crippen LogP contribution in [0, 0.1) is 0 Å². The molecule has 0 spiro atoms. The van der Waals surface area contributed by atoms with Gasteiger partial charge in [-0.25, -0.2) is 8.42 Å². The highest BCUT2D eigenvalue weighted by Crippen LogP contribution is 2.23. The van der Waals surface area contributed by atoms with Gasteiger partial charge in [0.15, 0.2) is 5.03 Å². The van der Waals surface area contributed by atoms with Gasteiger partial charge in [0.1, 0.15) is 0 Å². The molecule has 2 rings (SSSR count). The normalized spacial score (nSPS) is 20.6. The fourth-order valence-electron chi connectivity index (χ4n) is 2.29. The first kappa shape index (κ1) is 15.4. The third-order valence-electron chi connectivity index (χ3n) is 3.46. The van der Waals surface area contributed by atoms with Gasteiger partial charge in [-0.15, -0.1) is 0 Å². The van der Waals surface area contributed by atoms with Crippen molar-refractivity contribution >= 4 is 10.0 Å². The summed E-state index contributed by atoms with van der Waals surface area (Å²) in [5, 5.41) is 9.88. The average Bonchev–Trinajstić information content (AvgIpc) is 3.08. The molecular formula is C12H22N4O3S. The first-order valence-electron chi connectivity index (χ1n) is 6.85. The lowest BCUT2D eigenvalue weighted by atomic mass is 10.3. The molecule has 1 aromatic heterocycles. The Morgan fingerprint density at radius 2 is 2.40 bits per heavy atom. The van der Waals surface area contributed by atoms with Crippen molar-refractivity contribution in [1.82, 2.24) is 19.8 Å². The van der Waals surface area contributed by atoms with Gasteiger partial charge in [-0.05, 0) is 19.4 Å². The van der Waals surface area contributed by atoms with Gasteiger partial charge in [-0.3, -0.25) is 5.10 Å². The van der Waals surface area contributed by atoms with E-state index >= 15 is 0 Å². The average molecular weight is 302 g/mol. The molecule has 114 valence electrons. The van der Waals surface area contributed by atoms with Gasteiger partial charge in [0.25, 0.3) is 10.0 Å². The summed E-state index contributed by atoms with van der Waals surface area (Å²) in [6.45, 7) is 4.30. The minimum atomic E-state index is -3.51. The van der Waals surface area contributed by atoms with E-state index in [-0.39, 0.29) is 11.1 Å². The molecule has 1 fully saturated rings. The molecule has 0 bridgehead atoms. The van der Waals surface area contributed by atoms with Crippen LogP contribution in [-0.4, -0.2) is 55.8 Å². The molecule has 1 atom stereocenters. The summed E-state index contributed by atoms with van der Waals surface area (Å²) < 4.78 is 31.8. The Balaban J connectivity index is 2.12. The zero-order chi connectivity index (χ0) is 14.6. The summed E-state index contributed by atoms with van der Waals surface area (Å²) in [6, 6.07) is 0. The molecule has 0 amide bonds. The van der Waals surface area contributed by atoms with Crippen LogP contribution in [0.15, 0.2) is 11.2 Å². The molecule has 0 aliphatic carbocycles. The van der Waals surface area contributed by atoms with Crippen molar-refractivity contribution in [2.45, 2.75) is 37.4 Å². The first-order valence-corrected chi connectivity index (χ1v) is 8.29. The number of nitrogens with one attached hydrogen (secondary N) is 2. The van der Waals surface area contributed by atoms with Crippen LogP contribution in [0.3, 0.4) is 0 Å². The molecular weight excluding hydrogens is 280 g/mol. The van der Waals surface area contributed by atoms with E-state index in [9.17, 15) is 8.42 Å². The zero-order valence-corrected chi connectivity index (χ0v) is 12.7. The SMILES string of the molecule is CCCNCc1cn[nH]c1S(=O)(=O)N1CCC(OC)C1. The minimum absolute atomic E-state index is 0.0191. The van der Waals surface area contributed by atoms with Crippen LogP contribution in [0.2, 0.25) is 0 Å². The van der Waals surface area contributed by atoms with Crippen LogP contribution in [-0.2, 0) is 21.3 Å². The predicted octanol–water partition coefficient (Wildman–Crippen LogP) is 0.319. The Morgan fingerprint density at radius 1 is 1.60 bits per heavy atom. The Bertz CT molecular complexity index is 529. The summed E-state index contributed by atoms with van der Waals surface area (Å²) in [6.07, 6.45) is 3.28. The lowest BCUT2D eigenvalue weighted by Crippen LogP contribution is -2.31. The smallest absolute Gasteiger partial charge is 0.260 e. The summed E-state index contributed by atoms with van der Waals surface area (Å²) in [4.78, 5) is 0. The van der Waals surface area contributed by atoms with Crippen LogP contribution in [0.25, 0.3) is 0 Å². The Labute approximate surface area is 119 Å². The molecule has 1 aliphatic heterocycles. The molecule has 8 heteroatoms. The number of rotatable bonds is 7. The third kappa shape index (κ3) is 3.20. The van der Waals surface area contributed by atoms with E-state index in [1.54, 1.807) is 13.3 Å². The molecule has 0 aromatic carbocycles. The zero-order valence-electron chi connectivity index (χ0n) is 11.9. The topological polar surface area (TPSA) is 87.3 Å². The van der Waals surface area contributed by atoms with E-state index in [4.69, 9.17) is 4.74 Å². The maximum Gasteiger partial charge on any atom is 0.260 e. The molecule has 1 unspecified atom stereocenters. The van der Waals surface area contributed by atoms with Crippen LogP contribution in [0.1, 0.15) is 25.3 Å². The van der Waals surface area contributed by atoms with Crippen molar-refractivity contribution in [1.29, 1.82) is 0 Å². The maximum absolute atomic E-state index is 12.6. The van der Waals surface area contributed by atoms with Crippen molar-refractivity contribution in [3.8, 4) is 0 Å². The summed E-state index contributed by atoms with van der Waals surface area (Å²) in [5.74, 6) is 0. The van der Waals surface area contributed by atoms with Gasteiger partial charge < -0.3 is 10.1 Å². The van der Waals surface area contributed by atoms with E-state index < -0.39 is 10.0 Å². The second kappa shape index (κ2) is 6.66. The number of H-pyrrole nitrogens is 1. The van der Waals surface area contributed by atoms with Crippen LogP contribution < -0.4 is 5.32 Å². The number of sulfonamides is 1. The van der Waals surface area contributed by atoms with Crippen LogP contribution >= 0.6 is 0 Å². The lowest BCUT2D eigenvalue weighted by molar-refractivity contribution is 0.115. The number of ether oxygens (including phenoxy) is 1. The predicted molar refractivity (Wildman–Crippen MR) is 74.8 cm³/mol. The molecule has 0 radical (unpaired) electrons. The van der Waals surface area contributed by atoms with Crippen molar-refractivity contribution in [3.63, 3.8) is 0 Å². The Hall–Kier alpha value is -0.960. The fourth-order valence-corrected chi connectivity index (χ4v) is 3.88. The molecule has 1 aliphatic rings. The molecule has 2 heterocycles. The molecule has 0 saturated carbocycles. The monoisotopic (exact) mass is 302 g/mol. The molecule has 7 nitrogen and oxygen atoms in total. The van der Waals surface area contributed by atoms with Crippen molar-refractivity contribution in [2.75, 3.05) is 26.7 Å². The summed E-state index contributed by atoms with van der Waals surface area (Å²) in [5.41, 5.74) is 0.680. The molecule has 20 heavy (non-hydrogen) atoms. The van der Waals surface area contributed by atoms with E-state index in [0.29, 0.717) is 25.2 Å². The largest absolute Gasteiger partial charge is 0.380 e. The lowest BCUT2D eigenvalue weighted by Gasteiger charge is -2.16. The van der Waals surface area contributed by atoms with Gasteiger partial charge in [-0.1, -0.05) is 6.92 Å². The number of aromatic nitrogens is 2. The molecule has 1 aromatic rings. The van der Waals surface area contributed by atoms with Gasteiger partial charge >= 0.3 is 0 Å². The highest BCUT2D eigenvalue weighted by Gasteiger charge is 2.34. The highest BCUT2D eigenvalue weighted by atomic mass is 32.2. The van der Waals surface area contributed by atoms with E-state index in [0.717, 1.165) is 19.4 Å². The van der Waals surface area contributed by atoms with Gasteiger partial charge in [0, 0.05) is 32.3 Å². The number of hydrogen-bond donors (Lipinski definition) is 2. The molecule has 2 N–H and O–H groups in total. The second-order valence-electron chi connectivity index (χ2n) is 4.91. The van der Waals surface area contributed by atoms with Crippen molar-refractivity contribution < 1.29 is 13.2 Å². The minimum Gasteiger partial charge on any atom is -0.380 e. The van der Waals surface area contributed by atoms with Gasteiger partial charge in [-0.2, -0.15) is 9.40 Å². The van der Waals surface area contributed by atoms with Crippen LogP contribution in [0.5, 0.6) is 0 Å². The van der Waals surface area contributed by atoms with Gasteiger partial charge in [0.2, 0.25) is 0 Å². The maximum atomic E-state index is 12.6. The first-order chi connectivity index (χ1) is 9.59. The number of aromatic amines is 1. The standard InChI is InChI=1S/C12H22N4O3S/c1-3-5-13-7-10-8-14-15-12(10)20(17,18)16-6-4-11(9-16)19-2/h8,11,13H,3-7,9H2,1-2H3,(H,14,15). The molecule has 1 saturated heterocycles. The summed E-state index contributed by atoms with van der Waals surface area (Å²) >= 11 is 0. The number of methoxy groups -OCH3 is 1. The number of hydrogen-bond acceptors (Lipinski definition) is 5. The van der Waals surface area contributed by atoms with Crippen molar-refractivity contribution in [2.24, 2.45) is 0 Å². The Kier molecular flexibility index (Phi) is 5.14. The quantitative estimate of drug-likeness (QED) is 0.708. The Morgan fingerprint density at radius 3 is 3.05 bits per heavy atom. The van der Waals surface area contributed by atoms with E-state index in [1.807, 2.05) is 0 Å². The summed E-state index contributed by atoms with van der Waals surface area (Å²) in [7, 11) is -1.90. The highest BCUT2D eigenvalue weighted by molar-refractivity contribution is 7.89. The van der Waals surface area contributed by atoms with E-state index in [1.165, 1.54) is 4.31 Å². The fraction of sp³-hybridized carbons (Fsp3) is 0.750. The third-order valence-corrected chi connectivity index (χ3v) is 5.34. The van der Waals surface area contributed by atoms with Crippen LogP contribution in [0.4, 0.5) is 0 Å². The number of nitrogens with zero attached hydrogens (tertiary/aromatic N) is 2. The van der Waals surface area contributed by atoms with E-state index in [2.05, 4.69) is 22.4 Å². The van der Waals surface area contributed by atoms with Crippen molar-refractivity contribution in [3.05, 3.63) is 11.8 Å². The van der Waals surface area contributed by atoms with Gasteiger partial charge in [0.05, 0.1) is 12.3 Å². The second-order valence-corrected chi connectivity index (χ2v) is 6.79.